The molecule has 0 bridgehead atoms. The molecule has 1 amide bonds. The van der Waals surface area contributed by atoms with Crippen molar-refractivity contribution in [2.75, 3.05) is 13.2 Å². The highest BCUT2D eigenvalue weighted by molar-refractivity contribution is 5.83. The Kier molecular flexibility index (Phi) is 8.05. The molecular weight excluding hydrogens is 222 g/mol. The Hall–Kier alpha value is -1.36. The summed E-state index contributed by atoms with van der Waals surface area (Å²) in [6, 6.07) is -0.823. The van der Waals surface area contributed by atoms with E-state index >= 15 is 0 Å². The van der Waals surface area contributed by atoms with Gasteiger partial charge in [-0.1, -0.05) is 19.9 Å². The first-order valence-corrected chi connectivity index (χ1v) is 5.69. The van der Waals surface area contributed by atoms with Crippen molar-refractivity contribution in [2.24, 2.45) is 5.92 Å². The second kappa shape index (κ2) is 8.75. The van der Waals surface area contributed by atoms with E-state index < -0.39 is 12.0 Å². The highest BCUT2D eigenvalue weighted by Crippen LogP contribution is 2.02. The molecule has 0 fully saturated rings. The van der Waals surface area contributed by atoms with Crippen molar-refractivity contribution < 1.29 is 19.4 Å². The third-order valence-corrected chi connectivity index (χ3v) is 2.18. The number of ether oxygens (including phenoxy) is 1. The zero-order valence-electron chi connectivity index (χ0n) is 10.4. The Morgan fingerprint density at radius 3 is 2.59 bits per heavy atom. The molecule has 1 atom stereocenters. The van der Waals surface area contributed by atoms with Crippen molar-refractivity contribution in [3.05, 3.63) is 12.7 Å². The number of hydrogen-bond acceptors (Lipinski definition) is 3. The fraction of sp³-hybridized carbons (Fsp3) is 0.667. The summed E-state index contributed by atoms with van der Waals surface area (Å²) in [7, 11) is 0. The summed E-state index contributed by atoms with van der Waals surface area (Å²) >= 11 is 0. The molecule has 0 rings (SSSR count). The van der Waals surface area contributed by atoms with E-state index in [1.807, 2.05) is 0 Å². The van der Waals surface area contributed by atoms with Gasteiger partial charge in [0.15, 0.2) is 0 Å². The van der Waals surface area contributed by atoms with Crippen LogP contribution in [0.25, 0.3) is 0 Å². The van der Waals surface area contributed by atoms with Crippen LogP contribution < -0.4 is 5.32 Å². The van der Waals surface area contributed by atoms with Gasteiger partial charge in [0.05, 0.1) is 6.61 Å². The Morgan fingerprint density at radius 1 is 1.47 bits per heavy atom. The van der Waals surface area contributed by atoms with Crippen LogP contribution in [0.3, 0.4) is 0 Å². The van der Waals surface area contributed by atoms with Crippen LogP contribution in [-0.2, 0) is 14.3 Å². The van der Waals surface area contributed by atoms with Gasteiger partial charge in [-0.2, -0.15) is 0 Å². The van der Waals surface area contributed by atoms with Crippen LogP contribution in [0.1, 0.15) is 26.7 Å². The quantitative estimate of drug-likeness (QED) is 0.471. The first-order chi connectivity index (χ1) is 7.99. The summed E-state index contributed by atoms with van der Waals surface area (Å²) < 4.78 is 5.12. The molecule has 2 N–H and O–H groups in total. The molecule has 17 heavy (non-hydrogen) atoms. The molecule has 0 aromatic carbocycles. The Bertz CT molecular complexity index is 263. The molecule has 0 aliphatic carbocycles. The molecular formula is C12H21NO4. The molecule has 0 radical (unpaired) electrons. The van der Waals surface area contributed by atoms with E-state index in [1.54, 1.807) is 19.9 Å². The Balaban J connectivity index is 3.83. The number of carbonyl (C=O) groups is 2. The van der Waals surface area contributed by atoms with Crippen LogP contribution in [0.4, 0.5) is 0 Å². The van der Waals surface area contributed by atoms with Crippen LogP contribution in [0.15, 0.2) is 12.7 Å². The standard InChI is InChI=1S/C12H21NO4/c1-4-7-17-8-5-6-10(14)13-11(9(2)3)12(15)16/h4,9,11H,1,5-8H2,2-3H3,(H,13,14)(H,15,16). The summed E-state index contributed by atoms with van der Waals surface area (Å²) in [5, 5.41) is 11.4. The van der Waals surface area contributed by atoms with E-state index in [4.69, 9.17) is 9.84 Å². The monoisotopic (exact) mass is 243 g/mol. The third-order valence-electron chi connectivity index (χ3n) is 2.18. The van der Waals surface area contributed by atoms with Crippen molar-refractivity contribution in [1.82, 2.24) is 5.32 Å². The molecule has 98 valence electrons. The fourth-order valence-electron chi connectivity index (χ4n) is 1.26. The molecule has 0 aromatic rings. The predicted octanol–water partition coefficient (Wildman–Crippen LogP) is 1.19. The van der Waals surface area contributed by atoms with Gasteiger partial charge < -0.3 is 15.2 Å². The number of nitrogens with one attached hydrogen (secondary N) is 1. The minimum atomic E-state index is -1.00. The van der Waals surface area contributed by atoms with Crippen molar-refractivity contribution in [1.29, 1.82) is 0 Å². The van der Waals surface area contributed by atoms with Crippen LogP contribution in [0.2, 0.25) is 0 Å². The van der Waals surface area contributed by atoms with Gasteiger partial charge in [0.2, 0.25) is 5.91 Å². The normalized spacial score (nSPS) is 12.2. The van der Waals surface area contributed by atoms with Gasteiger partial charge >= 0.3 is 5.97 Å². The largest absolute Gasteiger partial charge is 0.480 e. The zero-order valence-corrected chi connectivity index (χ0v) is 10.4. The van der Waals surface area contributed by atoms with Gasteiger partial charge in [-0.15, -0.1) is 6.58 Å². The van der Waals surface area contributed by atoms with Crippen molar-refractivity contribution in [3.63, 3.8) is 0 Å². The lowest BCUT2D eigenvalue weighted by Crippen LogP contribution is -2.44. The summed E-state index contributed by atoms with van der Waals surface area (Å²) in [4.78, 5) is 22.3. The molecule has 0 spiro atoms. The highest BCUT2D eigenvalue weighted by Gasteiger charge is 2.22. The molecule has 5 heteroatoms. The van der Waals surface area contributed by atoms with Crippen LogP contribution >= 0.6 is 0 Å². The van der Waals surface area contributed by atoms with E-state index in [2.05, 4.69) is 11.9 Å². The van der Waals surface area contributed by atoms with Crippen molar-refractivity contribution in [2.45, 2.75) is 32.7 Å². The number of amides is 1. The van der Waals surface area contributed by atoms with E-state index in [1.165, 1.54) is 0 Å². The fourth-order valence-corrected chi connectivity index (χ4v) is 1.26. The Labute approximate surface area is 102 Å². The molecule has 0 aliphatic heterocycles. The van der Waals surface area contributed by atoms with E-state index in [9.17, 15) is 9.59 Å². The molecule has 0 saturated heterocycles. The van der Waals surface area contributed by atoms with Crippen LogP contribution in [0.5, 0.6) is 0 Å². The lowest BCUT2D eigenvalue weighted by atomic mass is 10.0. The molecule has 0 heterocycles. The molecule has 0 aliphatic rings. The molecule has 0 aromatic heterocycles. The van der Waals surface area contributed by atoms with Gasteiger partial charge in [-0.05, 0) is 12.3 Å². The summed E-state index contributed by atoms with van der Waals surface area (Å²) in [6.07, 6.45) is 2.48. The third kappa shape index (κ3) is 7.52. The maximum absolute atomic E-state index is 11.4. The van der Waals surface area contributed by atoms with Gasteiger partial charge in [-0.25, -0.2) is 4.79 Å². The lowest BCUT2D eigenvalue weighted by Gasteiger charge is -2.17. The van der Waals surface area contributed by atoms with Gasteiger partial charge in [0.25, 0.3) is 0 Å². The maximum atomic E-state index is 11.4. The number of carboxylic acid groups (broad SMARTS) is 1. The SMILES string of the molecule is C=CCOCCCC(=O)NC(C(=O)O)C(C)C. The summed E-state index contributed by atoms with van der Waals surface area (Å²) in [5.41, 5.74) is 0. The number of hydrogen-bond donors (Lipinski definition) is 2. The van der Waals surface area contributed by atoms with Gasteiger partial charge in [0, 0.05) is 13.0 Å². The average molecular weight is 243 g/mol. The number of rotatable bonds is 9. The topological polar surface area (TPSA) is 75.6 Å². The minimum Gasteiger partial charge on any atom is -0.480 e. The minimum absolute atomic E-state index is 0.131. The van der Waals surface area contributed by atoms with Crippen LogP contribution in [-0.4, -0.2) is 36.2 Å². The highest BCUT2D eigenvalue weighted by atomic mass is 16.5. The van der Waals surface area contributed by atoms with E-state index in [-0.39, 0.29) is 18.2 Å². The zero-order chi connectivity index (χ0) is 13.3. The summed E-state index contributed by atoms with van der Waals surface area (Å²) in [5.74, 6) is -1.39. The average Bonchev–Trinajstić information content (AvgIpc) is 2.24. The van der Waals surface area contributed by atoms with Crippen LogP contribution in [0, 0.1) is 5.92 Å². The lowest BCUT2D eigenvalue weighted by molar-refractivity contribution is -0.143. The predicted molar refractivity (Wildman–Crippen MR) is 64.7 cm³/mol. The molecule has 5 nitrogen and oxygen atoms in total. The van der Waals surface area contributed by atoms with E-state index in [0.29, 0.717) is 19.6 Å². The molecule has 0 saturated carbocycles. The Morgan fingerprint density at radius 2 is 2.12 bits per heavy atom. The van der Waals surface area contributed by atoms with Crippen molar-refractivity contribution >= 4 is 11.9 Å². The summed E-state index contributed by atoms with van der Waals surface area (Å²) in [6.45, 7) is 7.95. The first kappa shape index (κ1) is 15.6. The molecule has 1 unspecified atom stereocenters. The second-order valence-electron chi connectivity index (χ2n) is 4.09. The van der Waals surface area contributed by atoms with Gasteiger partial charge in [0.1, 0.15) is 6.04 Å². The number of carboxylic acids is 1. The smallest absolute Gasteiger partial charge is 0.326 e. The van der Waals surface area contributed by atoms with Crippen molar-refractivity contribution in [3.8, 4) is 0 Å². The maximum Gasteiger partial charge on any atom is 0.326 e. The number of aliphatic carboxylic acids is 1. The first-order valence-electron chi connectivity index (χ1n) is 5.69. The number of carbonyl (C=O) groups excluding carboxylic acids is 1. The second-order valence-corrected chi connectivity index (χ2v) is 4.09. The van der Waals surface area contributed by atoms with Gasteiger partial charge in [-0.3, -0.25) is 4.79 Å². The van der Waals surface area contributed by atoms with E-state index in [0.717, 1.165) is 0 Å².